The molecule has 0 unspecified atom stereocenters. The second-order valence-corrected chi connectivity index (χ2v) is 6.75. The van der Waals surface area contributed by atoms with Gasteiger partial charge in [0.05, 0.1) is 25.4 Å². The summed E-state index contributed by atoms with van der Waals surface area (Å²) < 4.78 is 11.4. The quantitative estimate of drug-likeness (QED) is 0.905. The molecule has 5 heteroatoms. The Morgan fingerprint density at radius 3 is 2.64 bits per heavy atom. The number of ether oxygens (including phenoxy) is 2. The van der Waals surface area contributed by atoms with Gasteiger partial charge in [-0.25, -0.2) is 0 Å². The lowest BCUT2D eigenvalue weighted by atomic mass is 10.0. The van der Waals surface area contributed by atoms with Crippen LogP contribution in [0.5, 0.6) is 11.5 Å². The summed E-state index contributed by atoms with van der Waals surface area (Å²) in [5, 5.41) is 2.97. The minimum atomic E-state index is -0.143. The number of hydrogen-bond donors (Lipinski definition) is 1. The van der Waals surface area contributed by atoms with Crippen molar-refractivity contribution in [2.75, 3.05) is 31.6 Å². The standard InChI is InChI=1S/C20H24N2O3/c1-20(2)15-24-13-12-22(20)14-19(23)21-17-10-6-7-11-18(17)25-16-8-4-3-5-9-16/h3-11H,12-15H2,1-2H3,(H,21,23). The molecule has 1 aliphatic rings. The van der Waals surface area contributed by atoms with Crippen molar-refractivity contribution < 1.29 is 14.3 Å². The van der Waals surface area contributed by atoms with Gasteiger partial charge in [0.1, 0.15) is 5.75 Å². The first kappa shape index (κ1) is 17.5. The smallest absolute Gasteiger partial charge is 0.238 e. The third kappa shape index (κ3) is 4.59. The molecule has 132 valence electrons. The van der Waals surface area contributed by atoms with Gasteiger partial charge in [-0.15, -0.1) is 0 Å². The SMILES string of the molecule is CC1(C)COCCN1CC(=O)Nc1ccccc1Oc1ccccc1. The third-order valence-corrected chi connectivity index (χ3v) is 4.28. The molecule has 25 heavy (non-hydrogen) atoms. The van der Waals surface area contributed by atoms with Crippen LogP contribution < -0.4 is 10.1 Å². The number of rotatable bonds is 5. The van der Waals surface area contributed by atoms with E-state index in [-0.39, 0.29) is 11.4 Å². The molecule has 3 rings (SSSR count). The van der Waals surface area contributed by atoms with Gasteiger partial charge in [0, 0.05) is 12.1 Å². The molecule has 0 aliphatic carbocycles. The van der Waals surface area contributed by atoms with Crippen molar-refractivity contribution in [2.45, 2.75) is 19.4 Å². The monoisotopic (exact) mass is 340 g/mol. The van der Waals surface area contributed by atoms with Gasteiger partial charge in [-0.1, -0.05) is 30.3 Å². The van der Waals surface area contributed by atoms with Crippen molar-refractivity contribution in [2.24, 2.45) is 0 Å². The highest BCUT2D eigenvalue weighted by Gasteiger charge is 2.31. The highest BCUT2D eigenvalue weighted by Crippen LogP contribution is 2.29. The molecule has 0 bridgehead atoms. The van der Waals surface area contributed by atoms with Crippen LogP contribution in [0.4, 0.5) is 5.69 Å². The van der Waals surface area contributed by atoms with Crippen LogP contribution in [-0.2, 0) is 9.53 Å². The number of para-hydroxylation sites is 3. The fourth-order valence-corrected chi connectivity index (χ4v) is 2.82. The second kappa shape index (κ2) is 7.68. The average molecular weight is 340 g/mol. The second-order valence-electron chi connectivity index (χ2n) is 6.75. The maximum Gasteiger partial charge on any atom is 0.238 e. The molecule has 1 amide bonds. The lowest BCUT2D eigenvalue weighted by Gasteiger charge is -2.41. The van der Waals surface area contributed by atoms with Crippen LogP contribution >= 0.6 is 0 Å². The molecule has 1 heterocycles. The lowest BCUT2D eigenvalue weighted by Crippen LogP contribution is -2.55. The zero-order valence-electron chi connectivity index (χ0n) is 14.7. The number of benzene rings is 2. The first-order valence-electron chi connectivity index (χ1n) is 8.49. The van der Waals surface area contributed by atoms with Gasteiger partial charge in [0.25, 0.3) is 0 Å². The molecule has 0 aromatic heterocycles. The Hall–Kier alpha value is -2.37. The molecule has 1 N–H and O–H groups in total. The number of carbonyl (C=O) groups is 1. The number of amides is 1. The zero-order valence-corrected chi connectivity index (χ0v) is 14.7. The summed E-state index contributed by atoms with van der Waals surface area (Å²) in [6.45, 7) is 6.55. The predicted octanol–water partition coefficient (Wildman–Crippen LogP) is 3.53. The first-order valence-corrected chi connectivity index (χ1v) is 8.49. The molecule has 0 saturated carbocycles. The van der Waals surface area contributed by atoms with Gasteiger partial charge in [-0.05, 0) is 38.1 Å². The van der Waals surface area contributed by atoms with Gasteiger partial charge in [0.15, 0.2) is 5.75 Å². The van der Waals surface area contributed by atoms with Crippen LogP contribution in [0.25, 0.3) is 0 Å². The van der Waals surface area contributed by atoms with E-state index < -0.39 is 0 Å². The Balaban J connectivity index is 1.67. The van der Waals surface area contributed by atoms with Gasteiger partial charge >= 0.3 is 0 Å². The summed E-state index contributed by atoms with van der Waals surface area (Å²) in [6.07, 6.45) is 0. The van der Waals surface area contributed by atoms with Crippen molar-refractivity contribution in [1.29, 1.82) is 0 Å². The first-order chi connectivity index (χ1) is 12.0. The van der Waals surface area contributed by atoms with Crippen LogP contribution in [0.3, 0.4) is 0 Å². The molecule has 1 fully saturated rings. The Bertz CT molecular complexity index is 716. The summed E-state index contributed by atoms with van der Waals surface area (Å²) in [4.78, 5) is 14.7. The summed E-state index contributed by atoms with van der Waals surface area (Å²) in [5.74, 6) is 1.31. The minimum Gasteiger partial charge on any atom is -0.455 e. The normalized spacial score (nSPS) is 17.0. The summed E-state index contributed by atoms with van der Waals surface area (Å²) in [6, 6.07) is 17.0. The van der Waals surface area contributed by atoms with E-state index in [1.54, 1.807) is 0 Å². The van der Waals surface area contributed by atoms with Crippen LogP contribution in [0.1, 0.15) is 13.8 Å². The van der Waals surface area contributed by atoms with Crippen LogP contribution in [0.2, 0.25) is 0 Å². The highest BCUT2D eigenvalue weighted by atomic mass is 16.5. The van der Waals surface area contributed by atoms with E-state index in [4.69, 9.17) is 9.47 Å². The molecular weight excluding hydrogens is 316 g/mol. The molecule has 5 nitrogen and oxygen atoms in total. The average Bonchev–Trinajstić information content (AvgIpc) is 2.59. The predicted molar refractivity (Wildman–Crippen MR) is 98.1 cm³/mol. The Labute approximate surface area is 148 Å². The van der Waals surface area contributed by atoms with E-state index in [0.29, 0.717) is 31.2 Å². The molecule has 2 aromatic rings. The van der Waals surface area contributed by atoms with Crippen molar-refractivity contribution in [1.82, 2.24) is 4.90 Å². The Morgan fingerprint density at radius 1 is 1.16 bits per heavy atom. The van der Waals surface area contributed by atoms with E-state index >= 15 is 0 Å². The molecule has 0 atom stereocenters. The fraction of sp³-hybridized carbons (Fsp3) is 0.350. The molecule has 2 aromatic carbocycles. The van der Waals surface area contributed by atoms with E-state index in [1.807, 2.05) is 54.6 Å². The van der Waals surface area contributed by atoms with Gasteiger partial charge in [-0.3, -0.25) is 9.69 Å². The summed E-state index contributed by atoms with van der Waals surface area (Å²) in [7, 11) is 0. The van der Waals surface area contributed by atoms with Gasteiger partial charge in [0.2, 0.25) is 5.91 Å². The molecular formula is C20H24N2O3. The van der Waals surface area contributed by atoms with Gasteiger partial charge in [-0.2, -0.15) is 0 Å². The maximum absolute atomic E-state index is 12.5. The molecule has 1 saturated heterocycles. The zero-order chi connectivity index (χ0) is 17.7. The van der Waals surface area contributed by atoms with Crippen LogP contribution in [0.15, 0.2) is 54.6 Å². The number of carbonyl (C=O) groups excluding carboxylic acids is 1. The topological polar surface area (TPSA) is 50.8 Å². The van der Waals surface area contributed by atoms with E-state index in [2.05, 4.69) is 24.1 Å². The van der Waals surface area contributed by atoms with Crippen molar-refractivity contribution in [3.63, 3.8) is 0 Å². The maximum atomic E-state index is 12.5. The summed E-state index contributed by atoms with van der Waals surface area (Å²) >= 11 is 0. The number of morpholine rings is 1. The largest absolute Gasteiger partial charge is 0.455 e. The Kier molecular flexibility index (Phi) is 5.36. The molecule has 0 spiro atoms. The van der Waals surface area contributed by atoms with E-state index in [9.17, 15) is 4.79 Å². The van der Waals surface area contributed by atoms with Crippen molar-refractivity contribution >= 4 is 11.6 Å². The van der Waals surface area contributed by atoms with Crippen LogP contribution in [0, 0.1) is 0 Å². The number of nitrogens with zero attached hydrogens (tertiary/aromatic N) is 1. The molecule has 1 aliphatic heterocycles. The fourth-order valence-electron chi connectivity index (χ4n) is 2.82. The minimum absolute atomic E-state index is 0.0564. The number of hydrogen-bond acceptors (Lipinski definition) is 4. The lowest BCUT2D eigenvalue weighted by molar-refractivity contribution is -0.122. The van der Waals surface area contributed by atoms with Crippen molar-refractivity contribution in [3.05, 3.63) is 54.6 Å². The highest BCUT2D eigenvalue weighted by molar-refractivity contribution is 5.93. The van der Waals surface area contributed by atoms with Gasteiger partial charge < -0.3 is 14.8 Å². The van der Waals surface area contributed by atoms with Crippen molar-refractivity contribution in [3.8, 4) is 11.5 Å². The van der Waals surface area contributed by atoms with Crippen LogP contribution in [-0.4, -0.2) is 42.6 Å². The molecule has 0 radical (unpaired) electrons. The summed E-state index contributed by atoms with van der Waals surface area (Å²) in [5.41, 5.74) is 0.526. The Morgan fingerprint density at radius 2 is 1.88 bits per heavy atom. The number of nitrogens with one attached hydrogen (secondary N) is 1. The van der Waals surface area contributed by atoms with E-state index in [0.717, 1.165) is 12.3 Å². The van der Waals surface area contributed by atoms with E-state index in [1.165, 1.54) is 0 Å². The number of anilines is 1. The third-order valence-electron chi connectivity index (χ3n) is 4.28.